The second kappa shape index (κ2) is 5.27. The molecular formula is C10H22N2O2S. The second-order valence-corrected chi connectivity index (χ2v) is 7.18. The van der Waals surface area contributed by atoms with Gasteiger partial charge in [-0.05, 0) is 45.7 Å². The molecule has 1 aliphatic rings. The molecule has 0 aromatic rings. The average Bonchev–Trinajstić information content (AvgIpc) is 2.18. The van der Waals surface area contributed by atoms with Crippen LogP contribution in [-0.2, 0) is 10.0 Å². The first-order chi connectivity index (χ1) is 6.94. The minimum atomic E-state index is -3.07. The van der Waals surface area contributed by atoms with Gasteiger partial charge in [-0.3, -0.25) is 0 Å². The third-order valence-electron chi connectivity index (χ3n) is 2.94. The lowest BCUT2D eigenvalue weighted by molar-refractivity contribution is 0.313. The summed E-state index contributed by atoms with van der Waals surface area (Å²) in [6.07, 6.45) is 2.28. The smallest absolute Gasteiger partial charge is 0.216 e. The molecule has 0 saturated carbocycles. The van der Waals surface area contributed by atoms with E-state index in [2.05, 4.69) is 5.32 Å². The molecule has 1 saturated heterocycles. The Kier molecular flexibility index (Phi) is 4.55. The van der Waals surface area contributed by atoms with E-state index in [4.69, 9.17) is 0 Å². The van der Waals surface area contributed by atoms with E-state index in [1.54, 1.807) is 20.9 Å². The Morgan fingerprint density at radius 2 is 2.13 bits per heavy atom. The van der Waals surface area contributed by atoms with Crippen molar-refractivity contribution in [1.82, 2.24) is 9.62 Å². The van der Waals surface area contributed by atoms with Crippen molar-refractivity contribution in [1.29, 1.82) is 0 Å². The van der Waals surface area contributed by atoms with Crippen LogP contribution >= 0.6 is 0 Å². The number of piperidine rings is 1. The average molecular weight is 234 g/mol. The van der Waals surface area contributed by atoms with Crippen molar-refractivity contribution in [3.8, 4) is 0 Å². The minimum Gasteiger partial charge on any atom is -0.316 e. The van der Waals surface area contributed by atoms with Gasteiger partial charge in [0, 0.05) is 13.6 Å². The number of hydrogen-bond donors (Lipinski definition) is 1. The zero-order valence-corrected chi connectivity index (χ0v) is 10.7. The Morgan fingerprint density at radius 1 is 1.47 bits per heavy atom. The summed E-state index contributed by atoms with van der Waals surface area (Å²) in [5.74, 6) is 0.470. The van der Waals surface area contributed by atoms with Gasteiger partial charge in [-0.25, -0.2) is 12.7 Å². The molecule has 90 valence electrons. The Bertz CT molecular complexity index is 282. The van der Waals surface area contributed by atoms with Gasteiger partial charge in [0.25, 0.3) is 0 Å². The highest BCUT2D eigenvalue weighted by atomic mass is 32.2. The largest absolute Gasteiger partial charge is 0.316 e. The van der Waals surface area contributed by atoms with Crippen LogP contribution in [0.2, 0.25) is 0 Å². The van der Waals surface area contributed by atoms with Gasteiger partial charge >= 0.3 is 0 Å². The first-order valence-corrected chi connectivity index (χ1v) is 7.10. The molecule has 0 bridgehead atoms. The molecule has 0 aromatic heterocycles. The van der Waals surface area contributed by atoms with Gasteiger partial charge in [0.2, 0.25) is 10.0 Å². The van der Waals surface area contributed by atoms with Gasteiger partial charge < -0.3 is 5.32 Å². The summed E-state index contributed by atoms with van der Waals surface area (Å²) in [5, 5.41) is 2.98. The van der Waals surface area contributed by atoms with Crippen molar-refractivity contribution >= 4 is 10.0 Å². The Morgan fingerprint density at radius 3 is 2.60 bits per heavy atom. The highest BCUT2D eigenvalue weighted by Crippen LogP contribution is 2.14. The van der Waals surface area contributed by atoms with Crippen LogP contribution in [0.1, 0.15) is 26.7 Å². The molecule has 1 atom stereocenters. The fourth-order valence-corrected chi connectivity index (χ4v) is 3.05. The van der Waals surface area contributed by atoms with Crippen LogP contribution in [0.25, 0.3) is 0 Å². The van der Waals surface area contributed by atoms with E-state index in [1.165, 1.54) is 4.31 Å². The molecule has 0 radical (unpaired) electrons. The molecule has 1 unspecified atom stereocenters. The van der Waals surface area contributed by atoms with Crippen LogP contribution in [0, 0.1) is 5.92 Å². The SMILES string of the molecule is CC(C)S(=O)(=O)N(C)CC1CCCNC1. The lowest BCUT2D eigenvalue weighted by atomic mass is 10.00. The predicted molar refractivity (Wildman–Crippen MR) is 62.3 cm³/mol. The Hall–Kier alpha value is -0.130. The van der Waals surface area contributed by atoms with Gasteiger partial charge in [0.05, 0.1) is 5.25 Å². The van der Waals surface area contributed by atoms with E-state index in [0.29, 0.717) is 12.5 Å². The van der Waals surface area contributed by atoms with Gasteiger partial charge in [0.15, 0.2) is 0 Å². The standard InChI is InChI=1S/C10H22N2O2S/c1-9(2)15(13,14)12(3)8-10-5-4-6-11-7-10/h9-11H,4-8H2,1-3H3. The fraction of sp³-hybridized carbons (Fsp3) is 1.00. The molecule has 1 fully saturated rings. The Labute approximate surface area is 93.1 Å². The lowest BCUT2D eigenvalue weighted by Crippen LogP contribution is -2.41. The molecular weight excluding hydrogens is 212 g/mol. The molecule has 1 N–H and O–H groups in total. The molecule has 15 heavy (non-hydrogen) atoms. The maximum absolute atomic E-state index is 11.8. The molecule has 0 spiro atoms. The second-order valence-electron chi connectivity index (χ2n) is 4.59. The summed E-state index contributed by atoms with van der Waals surface area (Å²) in [7, 11) is -1.39. The zero-order chi connectivity index (χ0) is 11.5. The third-order valence-corrected chi connectivity index (χ3v) is 5.15. The quantitative estimate of drug-likeness (QED) is 0.777. The summed E-state index contributed by atoms with van der Waals surface area (Å²) in [4.78, 5) is 0. The number of hydrogen-bond acceptors (Lipinski definition) is 3. The number of nitrogens with zero attached hydrogens (tertiary/aromatic N) is 1. The van der Waals surface area contributed by atoms with Crippen LogP contribution in [0.3, 0.4) is 0 Å². The summed E-state index contributed by atoms with van der Waals surface area (Å²) < 4.78 is 25.1. The van der Waals surface area contributed by atoms with Crippen LogP contribution < -0.4 is 5.32 Å². The van der Waals surface area contributed by atoms with Crippen molar-refractivity contribution in [2.45, 2.75) is 31.9 Å². The first kappa shape index (κ1) is 12.9. The Balaban J connectivity index is 2.50. The molecule has 5 heteroatoms. The molecule has 4 nitrogen and oxygen atoms in total. The third kappa shape index (κ3) is 3.43. The van der Waals surface area contributed by atoms with Crippen molar-refractivity contribution in [2.24, 2.45) is 5.92 Å². The summed E-state index contributed by atoms with van der Waals surface area (Å²) >= 11 is 0. The van der Waals surface area contributed by atoms with E-state index in [-0.39, 0.29) is 5.25 Å². The maximum Gasteiger partial charge on any atom is 0.216 e. The van der Waals surface area contributed by atoms with Crippen molar-refractivity contribution < 1.29 is 8.42 Å². The van der Waals surface area contributed by atoms with Crippen LogP contribution in [0.5, 0.6) is 0 Å². The number of sulfonamides is 1. The van der Waals surface area contributed by atoms with E-state index in [0.717, 1.165) is 25.9 Å². The highest BCUT2D eigenvalue weighted by molar-refractivity contribution is 7.89. The highest BCUT2D eigenvalue weighted by Gasteiger charge is 2.25. The van der Waals surface area contributed by atoms with Crippen LogP contribution in [0.4, 0.5) is 0 Å². The van der Waals surface area contributed by atoms with E-state index >= 15 is 0 Å². The van der Waals surface area contributed by atoms with Gasteiger partial charge in [-0.1, -0.05) is 0 Å². The van der Waals surface area contributed by atoms with Gasteiger partial charge in [-0.2, -0.15) is 0 Å². The monoisotopic (exact) mass is 234 g/mol. The number of nitrogens with one attached hydrogen (secondary N) is 1. The fourth-order valence-electron chi connectivity index (χ4n) is 1.91. The van der Waals surface area contributed by atoms with E-state index in [1.807, 2.05) is 0 Å². The van der Waals surface area contributed by atoms with Crippen LogP contribution in [-0.4, -0.2) is 44.7 Å². The first-order valence-electron chi connectivity index (χ1n) is 5.60. The molecule has 1 rings (SSSR count). The zero-order valence-electron chi connectivity index (χ0n) is 9.86. The van der Waals surface area contributed by atoms with Crippen molar-refractivity contribution in [3.05, 3.63) is 0 Å². The number of rotatable bonds is 4. The minimum absolute atomic E-state index is 0.320. The normalized spacial score (nSPS) is 23.7. The van der Waals surface area contributed by atoms with Gasteiger partial charge in [0.1, 0.15) is 0 Å². The van der Waals surface area contributed by atoms with Crippen molar-refractivity contribution in [3.63, 3.8) is 0 Å². The van der Waals surface area contributed by atoms with E-state index in [9.17, 15) is 8.42 Å². The topological polar surface area (TPSA) is 49.4 Å². The molecule has 0 aromatic carbocycles. The van der Waals surface area contributed by atoms with Crippen LogP contribution in [0.15, 0.2) is 0 Å². The molecule has 0 aliphatic carbocycles. The summed E-state index contributed by atoms with van der Waals surface area (Å²) in [6, 6.07) is 0. The summed E-state index contributed by atoms with van der Waals surface area (Å²) in [6.45, 7) is 6.11. The van der Waals surface area contributed by atoms with Crippen molar-refractivity contribution in [2.75, 3.05) is 26.7 Å². The predicted octanol–water partition coefficient (Wildman–Crippen LogP) is 0.656. The maximum atomic E-state index is 11.8. The molecule has 1 heterocycles. The summed E-state index contributed by atoms with van der Waals surface area (Å²) in [5.41, 5.74) is 0. The molecule has 1 aliphatic heterocycles. The molecule has 0 amide bonds. The van der Waals surface area contributed by atoms with E-state index < -0.39 is 10.0 Å². The van der Waals surface area contributed by atoms with Gasteiger partial charge in [-0.15, -0.1) is 0 Å². The lowest BCUT2D eigenvalue weighted by Gasteiger charge is -2.28.